The molecule has 0 aliphatic carbocycles. The first-order chi connectivity index (χ1) is 15.1. The number of nitrogens with two attached hydrogens (primary N) is 1. The third-order valence-electron chi connectivity index (χ3n) is 5.24. The molecule has 0 saturated heterocycles. The molecule has 4 heterocycles. The van der Waals surface area contributed by atoms with E-state index in [4.69, 9.17) is 15.5 Å². The third-order valence-corrected chi connectivity index (χ3v) is 5.24. The second kappa shape index (κ2) is 7.57. The zero-order chi connectivity index (χ0) is 21.4. The summed E-state index contributed by atoms with van der Waals surface area (Å²) in [7, 11) is 0. The zero-order valence-corrected chi connectivity index (χ0v) is 17.3. The largest absolute Gasteiger partial charge is 0.455 e. The number of fused-ring (bicyclic) bond motifs is 1. The summed E-state index contributed by atoms with van der Waals surface area (Å²) in [6.07, 6.45) is 5.47. The highest BCUT2D eigenvalue weighted by Gasteiger charge is 2.14. The SMILES string of the molecule is Cc1cc(Oc2ccnc(-n3ccc4cc(N)ccc43)c2)c(-c2ccccn2)nc1C. The van der Waals surface area contributed by atoms with Crippen molar-refractivity contribution in [3.05, 3.63) is 90.5 Å². The third kappa shape index (κ3) is 3.59. The van der Waals surface area contributed by atoms with Gasteiger partial charge in [0, 0.05) is 41.4 Å². The Hall–Kier alpha value is -4.19. The van der Waals surface area contributed by atoms with E-state index in [1.807, 2.05) is 85.3 Å². The van der Waals surface area contributed by atoms with E-state index in [1.165, 1.54) is 0 Å². The van der Waals surface area contributed by atoms with E-state index in [2.05, 4.69) is 9.97 Å². The van der Waals surface area contributed by atoms with Crippen molar-refractivity contribution in [3.8, 4) is 28.7 Å². The van der Waals surface area contributed by atoms with Crippen LogP contribution in [-0.4, -0.2) is 19.5 Å². The van der Waals surface area contributed by atoms with Crippen molar-refractivity contribution in [1.29, 1.82) is 0 Å². The standard InChI is InChI=1S/C25H21N5O/c1-16-13-23(25(29-17(16)2)21-5-3-4-10-27-21)31-20-8-11-28-24(15-20)30-12-9-18-14-19(26)6-7-22(18)30/h3-15H,26H2,1-2H3. The molecule has 31 heavy (non-hydrogen) atoms. The summed E-state index contributed by atoms with van der Waals surface area (Å²) in [5.41, 5.74) is 11.2. The average molecular weight is 407 g/mol. The number of anilines is 1. The van der Waals surface area contributed by atoms with Crippen LogP contribution in [0, 0.1) is 13.8 Å². The summed E-state index contributed by atoms with van der Waals surface area (Å²) in [5.74, 6) is 2.09. The minimum Gasteiger partial charge on any atom is -0.455 e. The molecule has 5 aromatic rings. The number of hydrogen-bond donors (Lipinski definition) is 1. The van der Waals surface area contributed by atoms with Crippen molar-refractivity contribution in [2.75, 3.05) is 5.73 Å². The van der Waals surface area contributed by atoms with Crippen LogP contribution in [0.3, 0.4) is 0 Å². The highest BCUT2D eigenvalue weighted by molar-refractivity contribution is 5.84. The van der Waals surface area contributed by atoms with Gasteiger partial charge >= 0.3 is 0 Å². The van der Waals surface area contributed by atoms with Crippen LogP contribution in [0.1, 0.15) is 11.3 Å². The van der Waals surface area contributed by atoms with Gasteiger partial charge in [0.15, 0.2) is 5.75 Å². The smallest absolute Gasteiger partial charge is 0.155 e. The molecule has 1 aromatic carbocycles. The molecule has 0 saturated carbocycles. The summed E-state index contributed by atoms with van der Waals surface area (Å²) in [6, 6.07) is 19.4. The molecule has 5 rings (SSSR count). The molecule has 0 radical (unpaired) electrons. The van der Waals surface area contributed by atoms with E-state index in [1.54, 1.807) is 12.4 Å². The lowest BCUT2D eigenvalue weighted by Crippen LogP contribution is -1.99. The van der Waals surface area contributed by atoms with Gasteiger partial charge < -0.3 is 15.0 Å². The predicted molar refractivity (Wildman–Crippen MR) is 122 cm³/mol. The van der Waals surface area contributed by atoms with Gasteiger partial charge in [-0.1, -0.05) is 6.07 Å². The van der Waals surface area contributed by atoms with Gasteiger partial charge in [-0.2, -0.15) is 0 Å². The molecule has 0 spiro atoms. The number of aryl methyl sites for hydroxylation is 2. The van der Waals surface area contributed by atoms with Crippen molar-refractivity contribution in [3.63, 3.8) is 0 Å². The number of benzene rings is 1. The Morgan fingerprint density at radius 2 is 1.81 bits per heavy atom. The Kier molecular flexibility index (Phi) is 4.59. The molecule has 0 fully saturated rings. The van der Waals surface area contributed by atoms with E-state index in [0.717, 1.165) is 39.4 Å². The molecular weight excluding hydrogens is 386 g/mol. The maximum atomic E-state index is 6.29. The highest BCUT2D eigenvalue weighted by atomic mass is 16.5. The summed E-state index contributed by atoms with van der Waals surface area (Å²) < 4.78 is 8.31. The van der Waals surface area contributed by atoms with Crippen molar-refractivity contribution < 1.29 is 4.74 Å². The molecule has 0 bridgehead atoms. The van der Waals surface area contributed by atoms with Gasteiger partial charge in [0.2, 0.25) is 0 Å². The Morgan fingerprint density at radius 1 is 0.903 bits per heavy atom. The molecule has 152 valence electrons. The molecule has 0 aliphatic heterocycles. The van der Waals surface area contributed by atoms with Crippen LogP contribution in [0.4, 0.5) is 5.69 Å². The number of nitrogen functional groups attached to an aromatic ring is 1. The fourth-order valence-corrected chi connectivity index (χ4v) is 3.53. The van der Waals surface area contributed by atoms with Gasteiger partial charge in [-0.3, -0.25) is 4.98 Å². The number of ether oxygens (including phenoxy) is 1. The van der Waals surface area contributed by atoms with Crippen LogP contribution >= 0.6 is 0 Å². The van der Waals surface area contributed by atoms with Crippen LogP contribution < -0.4 is 10.5 Å². The molecule has 0 aliphatic rings. The van der Waals surface area contributed by atoms with Crippen molar-refractivity contribution in [2.24, 2.45) is 0 Å². The van der Waals surface area contributed by atoms with Gasteiger partial charge in [-0.05, 0) is 67.9 Å². The number of nitrogens with zero attached hydrogens (tertiary/aromatic N) is 4. The maximum absolute atomic E-state index is 6.29. The fourth-order valence-electron chi connectivity index (χ4n) is 3.53. The summed E-state index contributed by atoms with van der Waals surface area (Å²) >= 11 is 0. The van der Waals surface area contributed by atoms with Crippen molar-refractivity contribution >= 4 is 16.6 Å². The zero-order valence-electron chi connectivity index (χ0n) is 17.3. The van der Waals surface area contributed by atoms with Crippen LogP contribution in [-0.2, 0) is 0 Å². The quantitative estimate of drug-likeness (QED) is 0.400. The van der Waals surface area contributed by atoms with Crippen LogP contribution in [0.15, 0.2) is 79.3 Å². The molecule has 6 heteroatoms. The van der Waals surface area contributed by atoms with E-state index < -0.39 is 0 Å². The lowest BCUT2D eigenvalue weighted by Gasteiger charge is -2.13. The Labute approximate surface area is 180 Å². The first kappa shape index (κ1) is 18.8. The van der Waals surface area contributed by atoms with Gasteiger partial charge in [0.1, 0.15) is 17.3 Å². The number of pyridine rings is 3. The van der Waals surface area contributed by atoms with Gasteiger partial charge in [0.25, 0.3) is 0 Å². The summed E-state index contributed by atoms with van der Waals surface area (Å²) in [4.78, 5) is 13.7. The summed E-state index contributed by atoms with van der Waals surface area (Å²) in [6.45, 7) is 4.01. The topological polar surface area (TPSA) is 78.9 Å². The number of aromatic nitrogens is 4. The van der Waals surface area contributed by atoms with E-state index >= 15 is 0 Å². The van der Waals surface area contributed by atoms with Crippen LogP contribution in [0.5, 0.6) is 11.5 Å². The molecule has 0 atom stereocenters. The predicted octanol–water partition coefficient (Wildman–Crippen LogP) is 5.47. The molecule has 2 N–H and O–H groups in total. The van der Waals surface area contributed by atoms with E-state index in [0.29, 0.717) is 17.2 Å². The summed E-state index contributed by atoms with van der Waals surface area (Å²) in [5, 5.41) is 1.06. The van der Waals surface area contributed by atoms with Gasteiger partial charge in [-0.25, -0.2) is 9.97 Å². The minimum atomic E-state index is 0.657. The second-order valence-corrected chi connectivity index (χ2v) is 7.41. The van der Waals surface area contributed by atoms with Gasteiger partial charge in [-0.15, -0.1) is 0 Å². The first-order valence-corrected chi connectivity index (χ1v) is 9.99. The molecular formula is C25H21N5O. The maximum Gasteiger partial charge on any atom is 0.155 e. The molecule has 6 nitrogen and oxygen atoms in total. The van der Waals surface area contributed by atoms with Crippen molar-refractivity contribution in [2.45, 2.75) is 13.8 Å². The Balaban J connectivity index is 1.55. The molecule has 4 aromatic heterocycles. The lowest BCUT2D eigenvalue weighted by molar-refractivity contribution is 0.480. The van der Waals surface area contributed by atoms with Crippen molar-refractivity contribution in [1.82, 2.24) is 19.5 Å². The van der Waals surface area contributed by atoms with Gasteiger partial charge in [0.05, 0.1) is 11.2 Å². The van der Waals surface area contributed by atoms with Crippen LogP contribution in [0.2, 0.25) is 0 Å². The monoisotopic (exact) mass is 407 g/mol. The Morgan fingerprint density at radius 3 is 2.65 bits per heavy atom. The minimum absolute atomic E-state index is 0.657. The first-order valence-electron chi connectivity index (χ1n) is 9.99. The lowest BCUT2D eigenvalue weighted by atomic mass is 10.1. The molecule has 0 amide bonds. The Bertz CT molecular complexity index is 1390. The second-order valence-electron chi connectivity index (χ2n) is 7.41. The van der Waals surface area contributed by atoms with E-state index in [-0.39, 0.29) is 0 Å². The fraction of sp³-hybridized carbons (Fsp3) is 0.0800. The van der Waals surface area contributed by atoms with E-state index in [9.17, 15) is 0 Å². The average Bonchev–Trinajstić information content (AvgIpc) is 3.20. The normalized spacial score (nSPS) is 11.0. The molecule has 0 unspecified atom stereocenters. The highest BCUT2D eigenvalue weighted by Crippen LogP contribution is 2.33. The number of hydrogen-bond acceptors (Lipinski definition) is 5. The number of rotatable bonds is 4. The van der Waals surface area contributed by atoms with Crippen LogP contribution in [0.25, 0.3) is 28.1 Å².